The van der Waals surface area contributed by atoms with Crippen molar-refractivity contribution in [3.63, 3.8) is 0 Å². The number of hydrogen-bond acceptors (Lipinski definition) is 2. The second-order valence-electron chi connectivity index (χ2n) is 6.58. The summed E-state index contributed by atoms with van der Waals surface area (Å²) in [5.74, 6) is 0. The number of nitrogens with zero attached hydrogens (tertiary/aromatic N) is 2. The smallest absolute Gasteiger partial charge is 0.348 e. The molecule has 0 unspecified atom stereocenters. The van der Waals surface area contributed by atoms with Gasteiger partial charge in [-0.1, -0.05) is 36.4 Å². The minimum absolute atomic E-state index is 0.166. The third kappa shape index (κ3) is 3.22. The van der Waals surface area contributed by atoms with Gasteiger partial charge in [0.05, 0.1) is 16.5 Å². The largest absolute Gasteiger partial charge is 0.416 e. The molecule has 0 aliphatic carbocycles. The van der Waals surface area contributed by atoms with E-state index in [2.05, 4.69) is 0 Å². The predicted molar refractivity (Wildman–Crippen MR) is 98.1 cm³/mol. The molecular weight excluding hydrogens is 389 g/mol. The highest BCUT2D eigenvalue weighted by molar-refractivity contribution is 7.89. The summed E-state index contributed by atoms with van der Waals surface area (Å²) in [6.45, 7) is 0.601. The van der Waals surface area contributed by atoms with E-state index in [1.807, 2.05) is 53.2 Å². The van der Waals surface area contributed by atoms with E-state index in [4.69, 9.17) is 0 Å². The summed E-state index contributed by atoms with van der Waals surface area (Å²) in [6.07, 6.45) is -2.74. The molecule has 0 radical (unpaired) electrons. The van der Waals surface area contributed by atoms with Crippen molar-refractivity contribution in [3.8, 4) is 0 Å². The summed E-state index contributed by atoms with van der Waals surface area (Å²) in [6, 6.07) is 16.1. The van der Waals surface area contributed by atoms with Crippen molar-refractivity contribution in [2.75, 3.05) is 6.54 Å². The lowest BCUT2D eigenvalue weighted by atomic mass is 10.0. The van der Waals surface area contributed by atoms with Gasteiger partial charge in [-0.25, -0.2) is 8.42 Å². The summed E-state index contributed by atoms with van der Waals surface area (Å²) in [5.41, 5.74) is 0.566. The van der Waals surface area contributed by atoms with Crippen LogP contribution in [0.15, 0.2) is 77.8 Å². The Morgan fingerprint density at radius 2 is 1.64 bits per heavy atom. The first-order valence-corrected chi connectivity index (χ1v) is 10.1. The molecule has 1 aliphatic rings. The third-order valence-electron chi connectivity index (χ3n) is 4.88. The average Bonchev–Trinajstić information content (AvgIpc) is 3.16. The Hall–Kier alpha value is -2.58. The lowest BCUT2D eigenvalue weighted by molar-refractivity contribution is -0.137. The Kier molecular flexibility index (Phi) is 4.55. The fraction of sp³-hybridized carbons (Fsp3) is 0.200. The predicted octanol–water partition coefficient (Wildman–Crippen LogP) is 4.30. The maximum Gasteiger partial charge on any atom is 0.416 e. The molecule has 146 valence electrons. The van der Waals surface area contributed by atoms with Crippen LogP contribution in [-0.4, -0.2) is 23.8 Å². The first kappa shape index (κ1) is 18.8. The molecule has 4 nitrogen and oxygen atoms in total. The number of benzene rings is 2. The van der Waals surface area contributed by atoms with Crippen molar-refractivity contribution in [1.82, 2.24) is 8.87 Å². The summed E-state index contributed by atoms with van der Waals surface area (Å²) in [5, 5.41) is 0. The van der Waals surface area contributed by atoms with Gasteiger partial charge in [-0.05, 0) is 35.9 Å². The van der Waals surface area contributed by atoms with Gasteiger partial charge in [-0.15, -0.1) is 0 Å². The highest BCUT2D eigenvalue weighted by Gasteiger charge is 2.39. The third-order valence-corrected chi connectivity index (χ3v) is 6.74. The fourth-order valence-electron chi connectivity index (χ4n) is 3.56. The monoisotopic (exact) mass is 406 g/mol. The molecular formula is C20H17F3N2O2S. The maximum absolute atomic E-state index is 13.3. The summed E-state index contributed by atoms with van der Waals surface area (Å²) < 4.78 is 69.2. The van der Waals surface area contributed by atoms with Crippen molar-refractivity contribution < 1.29 is 21.6 Å². The van der Waals surface area contributed by atoms with Crippen LogP contribution in [-0.2, 0) is 22.7 Å². The number of aromatic nitrogens is 1. The molecule has 28 heavy (non-hydrogen) atoms. The zero-order valence-electron chi connectivity index (χ0n) is 14.7. The van der Waals surface area contributed by atoms with Crippen LogP contribution in [0.25, 0.3) is 0 Å². The number of sulfonamides is 1. The number of fused-ring (bicyclic) bond motifs is 1. The van der Waals surface area contributed by atoms with Crippen LogP contribution in [0.5, 0.6) is 0 Å². The number of hydrogen-bond donors (Lipinski definition) is 0. The standard InChI is InChI=1S/C20H17F3N2O2S/c21-20(22,23)16-8-4-9-17(14-16)28(26,27)25-13-12-24-11-5-10-18(24)19(25)15-6-2-1-3-7-15/h1-11,14,19H,12-13H2/t19-/m0/s1. The van der Waals surface area contributed by atoms with Crippen molar-refractivity contribution in [2.45, 2.75) is 23.7 Å². The fourth-order valence-corrected chi connectivity index (χ4v) is 5.19. The van der Waals surface area contributed by atoms with Crippen LogP contribution in [0.3, 0.4) is 0 Å². The Morgan fingerprint density at radius 1 is 0.893 bits per heavy atom. The van der Waals surface area contributed by atoms with E-state index < -0.39 is 27.8 Å². The van der Waals surface area contributed by atoms with Crippen LogP contribution in [0.2, 0.25) is 0 Å². The molecule has 1 aromatic heterocycles. The molecule has 0 N–H and O–H groups in total. The normalized spacial score (nSPS) is 18.0. The van der Waals surface area contributed by atoms with Crippen LogP contribution < -0.4 is 0 Å². The molecule has 0 saturated heterocycles. The second-order valence-corrected chi connectivity index (χ2v) is 8.47. The minimum atomic E-state index is -4.61. The van der Waals surface area contributed by atoms with E-state index in [1.54, 1.807) is 0 Å². The van der Waals surface area contributed by atoms with Gasteiger partial charge in [-0.3, -0.25) is 0 Å². The molecule has 0 amide bonds. The van der Waals surface area contributed by atoms with Gasteiger partial charge < -0.3 is 4.57 Å². The van der Waals surface area contributed by atoms with Crippen molar-refractivity contribution in [2.24, 2.45) is 0 Å². The summed E-state index contributed by atoms with van der Waals surface area (Å²) in [7, 11) is -4.14. The van der Waals surface area contributed by atoms with Gasteiger partial charge in [0.1, 0.15) is 0 Å². The lowest BCUT2D eigenvalue weighted by Crippen LogP contribution is -2.42. The van der Waals surface area contributed by atoms with E-state index in [9.17, 15) is 21.6 Å². The summed E-state index contributed by atoms with van der Waals surface area (Å²) in [4.78, 5) is -0.358. The molecule has 1 atom stereocenters. The minimum Gasteiger partial charge on any atom is -0.348 e. The number of halogens is 3. The first-order chi connectivity index (χ1) is 13.3. The van der Waals surface area contributed by atoms with Crippen molar-refractivity contribution in [3.05, 3.63) is 89.7 Å². The van der Waals surface area contributed by atoms with Crippen LogP contribution in [0, 0.1) is 0 Å². The second kappa shape index (κ2) is 6.79. The topological polar surface area (TPSA) is 42.3 Å². The molecule has 0 fully saturated rings. The van der Waals surface area contributed by atoms with Gasteiger partial charge in [0.15, 0.2) is 0 Å². The van der Waals surface area contributed by atoms with Gasteiger partial charge >= 0.3 is 6.18 Å². The van der Waals surface area contributed by atoms with Crippen molar-refractivity contribution in [1.29, 1.82) is 0 Å². The van der Waals surface area contributed by atoms with Crippen LogP contribution in [0.4, 0.5) is 13.2 Å². The molecule has 0 spiro atoms. The Bertz CT molecular complexity index is 1090. The van der Waals surface area contributed by atoms with Crippen LogP contribution >= 0.6 is 0 Å². The highest BCUT2D eigenvalue weighted by Crippen LogP contribution is 2.37. The molecule has 2 heterocycles. The maximum atomic E-state index is 13.3. The molecule has 1 aliphatic heterocycles. The number of alkyl halides is 3. The number of rotatable bonds is 3. The SMILES string of the molecule is O=S(=O)(c1cccc(C(F)(F)F)c1)N1CCn2cccc2[C@@H]1c1ccccc1. The van der Waals surface area contributed by atoms with E-state index in [-0.39, 0.29) is 11.4 Å². The molecule has 2 aromatic carbocycles. The van der Waals surface area contributed by atoms with E-state index in [0.29, 0.717) is 12.6 Å². The van der Waals surface area contributed by atoms with E-state index >= 15 is 0 Å². The van der Waals surface area contributed by atoms with Gasteiger partial charge in [0, 0.05) is 25.0 Å². The van der Waals surface area contributed by atoms with E-state index in [0.717, 1.165) is 23.4 Å². The molecule has 8 heteroatoms. The zero-order valence-corrected chi connectivity index (χ0v) is 15.5. The van der Waals surface area contributed by atoms with Gasteiger partial charge in [0.25, 0.3) is 0 Å². The zero-order chi connectivity index (χ0) is 19.9. The van der Waals surface area contributed by atoms with E-state index in [1.165, 1.54) is 10.4 Å². The van der Waals surface area contributed by atoms with Gasteiger partial charge in [0.2, 0.25) is 10.0 Å². The Labute approximate surface area is 160 Å². The van der Waals surface area contributed by atoms with Crippen LogP contribution in [0.1, 0.15) is 22.9 Å². The molecule has 0 bridgehead atoms. The Morgan fingerprint density at radius 3 is 2.36 bits per heavy atom. The highest BCUT2D eigenvalue weighted by atomic mass is 32.2. The first-order valence-electron chi connectivity index (χ1n) is 8.67. The van der Waals surface area contributed by atoms with Crippen molar-refractivity contribution >= 4 is 10.0 Å². The average molecular weight is 406 g/mol. The lowest BCUT2D eigenvalue weighted by Gasteiger charge is -2.36. The summed E-state index contributed by atoms with van der Waals surface area (Å²) >= 11 is 0. The molecule has 4 rings (SSSR count). The quantitative estimate of drug-likeness (QED) is 0.651. The molecule has 3 aromatic rings. The molecule has 0 saturated carbocycles. The Balaban J connectivity index is 1.83. The van der Waals surface area contributed by atoms with Gasteiger partial charge in [-0.2, -0.15) is 17.5 Å².